The van der Waals surface area contributed by atoms with E-state index in [0.29, 0.717) is 11.1 Å². The van der Waals surface area contributed by atoms with Crippen LogP contribution in [0, 0.1) is 10.1 Å². The fraction of sp³-hybridized carbons (Fsp3) is 0.188. The molecule has 108 valence electrons. The molecule has 0 atom stereocenters. The van der Waals surface area contributed by atoms with E-state index < -0.39 is 16.3 Å². The smallest absolute Gasteiger partial charge is 0.269 e. The first kappa shape index (κ1) is 14.7. The van der Waals surface area contributed by atoms with Crippen molar-refractivity contribution in [2.75, 3.05) is 0 Å². The van der Waals surface area contributed by atoms with Gasteiger partial charge in [0.25, 0.3) is 5.69 Å². The lowest BCUT2D eigenvalue weighted by Crippen LogP contribution is -2.29. The van der Waals surface area contributed by atoms with Crippen LogP contribution in [0.25, 0.3) is 0 Å². The molecule has 0 saturated heterocycles. The normalized spacial score (nSPS) is 11.1. The van der Waals surface area contributed by atoms with Crippen LogP contribution in [-0.4, -0.2) is 10.9 Å². The van der Waals surface area contributed by atoms with Gasteiger partial charge in [0.1, 0.15) is 0 Å². The molecular formula is C16H14NO4-. The summed E-state index contributed by atoms with van der Waals surface area (Å²) < 4.78 is 0. The van der Waals surface area contributed by atoms with Crippen LogP contribution in [0.15, 0.2) is 48.5 Å². The highest BCUT2D eigenvalue weighted by Crippen LogP contribution is 2.34. The fourth-order valence-corrected chi connectivity index (χ4v) is 2.37. The lowest BCUT2D eigenvalue weighted by atomic mass is 9.76. The second-order valence-corrected chi connectivity index (χ2v) is 5.27. The summed E-state index contributed by atoms with van der Waals surface area (Å²) >= 11 is 0. The van der Waals surface area contributed by atoms with Crippen molar-refractivity contribution >= 4 is 11.7 Å². The van der Waals surface area contributed by atoms with Crippen LogP contribution in [-0.2, 0) is 5.41 Å². The number of nitro benzene ring substituents is 1. The van der Waals surface area contributed by atoms with Gasteiger partial charge in [0.15, 0.2) is 0 Å². The number of nitro groups is 1. The average Bonchev–Trinajstić information content (AvgIpc) is 2.47. The summed E-state index contributed by atoms with van der Waals surface area (Å²) in [5, 5.41) is 22.1. The number of hydrogen-bond acceptors (Lipinski definition) is 4. The molecule has 0 radical (unpaired) electrons. The molecule has 0 amide bonds. The summed E-state index contributed by atoms with van der Waals surface area (Å²) in [4.78, 5) is 21.7. The highest BCUT2D eigenvalue weighted by molar-refractivity contribution is 5.88. The number of carbonyl (C=O) groups excluding carboxylic acids is 1. The van der Waals surface area contributed by atoms with E-state index in [4.69, 9.17) is 0 Å². The molecule has 0 saturated carbocycles. The van der Waals surface area contributed by atoms with Crippen molar-refractivity contribution in [1.29, 1.82) is 0 Å². The van der Waals surface area contributed by atoms with Crippen molar-refractivity contribution in [2.24, 2.45) is 0 Å². The Balaban J connectivity index is 2.59. The van der Waals surface area contributed by atoms with Crippen LogP contribution in [0.1, 0.15) is 35.3 Å². The predicted octanol–water partition coefficient (Wildman–Crippen LogP) is 2.28. The van der Waals surface area contributed by atoms with Crippen LogP contribution < -0.4 is 5.11 Å². The summed E-state index contributed by atoms with van der Waals surface area (Å²) in [6.07, 6.45) is 0. The van der Waals surface area contributed by atoms with Crippen molar-refractivity contribution in [3.05, 3.63) is 75.3 Å². The third kappa shape index (κ3) is 2.76. The van der Waals surface area contributed by atoms with Gasteiger partial charge in [-0.3, -0.25) is 10.1 Å². The molecule has 2 aromatic rings. The molecule has 0 heterocycles. The first-order valence-electron chi connectivity index (χ1n) is 6.40. The molecule has 5 heteroatoms. The highest BCUT2D eigenvalue weighted by atomic mass is 16.6. The number of nitrogens with zero attached hydrogens (tertiary/aromatic N) is 1. The second-order valence-electron chi connectivity index (χ2n) is 5.27. The molecule has 0 spiro atoms. The van der Waals surface area contributed by atoms with Gasteiger partial charge in [0.05, 0.1) is 10.9 Å². The minimum Gasteiger partial charge on any atom is -0.545 e. The Morgan fingerprint density at radius 1 is 1.10 bits per heavy atom. The van der Waals surface area contributed by atoms with Crippen molar-refractivity contribution in [3.63, 3.8) is 0 Å². The quantitative estimate of drug-likeness (QED) is 0.637. The molecule has 0 fully saturated rings. The molecule has 2 rings (SSSR count). The number of carboxylic acids is 1. The van der Waals surface area contributed by atoms with E-state index in [9.17, 15) is 20.0 Å². The monoisotopic (exact) mass is 284 g/mol. The minimum absolute atomic E-state index is 0.0218. The third-order valence-electron chi connectivity index (χ3n) is 3.60. The van der Waals surface area contributed by atoms with Gasteiger partial charge in [-0.2, -0.15) is 0 Å². The van der Waals surface area contributed by atoms with Gasteiger partial charge >= 0.3 is 0 Å². The lowest BCUT2D eigenvalue weighted by Gasteiger charge is -2.28. The molecule has 0 unspecified atom stereocenters. The number of carbonyl (C=O) groups is 1. The second kappa shape index (κ2) is 5.36. The minimum atomic E-state index is -1.26. The summed E-state index contributed by atoms with van der Waals surface area (Å²) in [6.45, 7) is 3.65. The Morgan fingerprint density at radius 3 is 2.38 bits per heavy atom. The van der Waals surface area contributed by atoms with Crippen LogP contribution in [0.2, 0.25) is 0 Å². The molecule has 21 heavy (non-hydrogen) atoms. The number of aromatic carboxylic acids is 1. The molecule has 0 aromatic heterocycles. The maximum Gasteiger partial charge on any atom is 0.269 e. The zero-order chi connectivity index (χ0) is 15.6. The number of non-ortho nitro benzene ring substituents is 1. The Morgan fingerprint density at radius 2 is 1.76 bits per heavy atom. The van der Waals surface area contributed by atoms with E-state index >= 15 is 0 Å². The van der Waals surface area contributed by atoms with Crippen molar-refractivity contribution in [2.45, 2.75) is 19.3 Å². The van der Waals surface area contributed by atoms with Gasteiger partial charge in [0, 0.05) is 23.1 Å². The number of benzene rings is 2. The van der Waals surface area contributed by atoms with Gasteiger partial charge in [-0.05, 0) is 11.1 Å². The van der Waals surface area contributed by atoms with Gasteiger partial charge in [-0.15, -0.1) is 0 Å². The molecular weight excluding hydrogens is 270 g/mol. The van der Waals surface area contributed by atoms with Crippen molar-refractivity contribution in [3.8, 4) is 0 Å². The first-order valence-corrected chi connectivity index (χ1v) is 6.40. The van der Waals surface area contributed by atoms with E-state index in [2.05, 4.69) is 0 Å². The molecule has 5 nitrogen and oxygen atoms in total. The number of hydrogen-bond donors (Lipinski definition) is 0. The van der Waals surface area contributed by atoms with E-state index in [-0.39, 0.29) is 11.3 Å². The highest BCUT2D eigenvalue weighted by Gasteiger charge is 2.27. The Bertz CT molecular complexity index is 707. The predicted molar refractivity (Wildman–Crippen MR) is 76.0 cm³/mol. The summed E-state index contributed by atoms with van der Waals surface area (Å²) in [7, 11) is 0. The SMILES string of the molecule is CC(C)(c1cccc([N+](=O)[O-])c1)c1ccccc1C(=O)[O-]. The van der Waals surface area contributed by atoms with Crippen LogP contribution >= 0.6 is 0 Å². The van der Waals surface area contributed by atoms with Crippen LogP contribution in [0.5, 0.6) is 0 Å². The number of rotatable bonds is 4. The average molecular weight is 284 g/mol. The molecule has 0 aliphatic carbocycles. The summed E-state index contributed by atoms with van der Waals surface area (Å²) in [5.74, 6) is -1.26. The largest absolute Gasteiger partial charge is 0.545 e. The molecule has 2 aromatic carbocycles. The van der Waals surface area contributed by atoms with Gasteiger partial charge in [-0.25, -0.2) is 0 Å². The Labute approximate surface area is 122 Å². The maximum atomic E-state index is 11.3. The Hall–Kier alpha value is -2.69. The van der Waals surface area contributed by atoms with Crippen molar-refractivity contribution < 1.29 is 14.8 Å². The van der Waals surface area contributed by atoms with Crippen LogP contribution in [0.4, 0.5) is 5.69 Å². The van der Waals surface area contributed by atoms with Crippen LogP contribution in [0.3, 0.4) is 0 Å². The zero-order valence-corrected chi connectivity index (χ0v) is 11.7. The van der Waals surface area contributed by atoms with E-state index in [1.165, 1.54) is 18.2 Å². The number of carboxylic acid groups (broad SMARTS) is 1. The van der Waals surface area contributed by atoms with Gasteiger partial charge < -0.3 is 9.90 Å². The topological polar surface area (TPSA) is 83.3 Å². The molecule has 0 aliphatic heterocycles. The lowest BCUT2D eigenvalue weighted by molar-refractivity contribution is -0.384. The third-order valence-corrected chi connectivity index (χ3v) is 3.60. The fourth-order valence-electron chi connectivity index (χ4n) is 2.37. The van der Waals surface area contributed by atoms with E-state index in [1.807, 2.05) is 13.8 Å². The molecule has 0 N–H and O–H groups in total. The molecule has 0 bridgehead atoms. The van der Waals surface area contributed by atoms with Gasteiger partial charge in [0.2, 0.25) is 0 Å². The van der Waals surface area contributed by atoms with Gasteiger partial charge in [-0.1, -0.05) is 50.2 Å². The molecule has 0 aliphatic rings. The maximum absolute atomic E-state index is 11.3. The van der Waals surface area contributed by atoms with Crippen molar-refractivity contribution in [1.82, 2.24) is 0 Å². The summed E-state index contributed by atoms with van der Waals surface area (Å²) in [6, 6.07) is 12.7. The van der Waals surface area contributed by atoms with E-state index in [1.54, 1.807) is 30.3 Å². The first-order chi connectivity index (χ1) is 9.84. The van der Waals surface area contributed by atoms with E-state index in [0.717, 1.165) is 0 Å². The zero-order valence-electron chi connectivity index (χ0n) is 11.7. The summed E-state index contributed by atoms with van der Waals surface area (Å²) in [5.41, 5.74) is 0.610. The standard InChI is InChI=1S/C16H15NO4/c1-16(2,11-6-5-7-12(10-11)17(20)21)14-9-4-3-8-13(14)15(18)19/h3-10H,1-2H3,(H,18,19)/p-1. The Kier molecular flexibility index (Phi) is 3.76.